The van der Waals surface area contributed by atoms with E-state index in [-0.39, 0.29) is 35.0 Å². The maximum Gasteiger partial charge on any atom is 0.416 e. The fourth-order valence-corrected chi connectivity index (χ4v) is 4.20. The van der Waals surface area contributed by atoms with Crippen LogP contribution in [0.5, 0.6) is 0 Å². The molecule has 3 aromatic rings. The molecule has 3 rings (SSSR count). The van der Waals surface area contributed by atoms with Crippen molar-refractivity contribution in [3.63, 3.8) is 0 Å². The Morgan fingerprint density at radius 3 is 2.18 bits per heavy atom. The fourth-order valence-electron chi connectivity index (χ4n) is 4.20. The Hall–Kier alpha value is -5.98. The first-order valence-corrected chi connectivity index (χ1v) is 15.1. The third kappa shape index (κ3) is 11.3. The molecule has 0 aliphatic carbocycles. The van der Waals surface area contributed by atoms with Gasteiger partial charge in [-0.05, 0) is 79.6 Å². The van der Waals surface area contributed by atoms with Gasteiger partial charge in [0.15, 0.2) is 0 Å². The Morgan fingerprint density at radius 1 is 0.857 bits per heavy atom. The van der Waals surface area contributed by atoms with Crippen LogP contribution in [0.25, 0.3) is 0 Å². The average molecular weight is 675 g/mol. The van der Waals surface area contributed by atoms with Gasteiger partial charge in [-0.2, -0.15) is 13.2 Å². The SMILES string of the molecule is C=CC(=O)NCC(=O)Nc1cccc(NC(=N/C=C(\C=C)NC(=O)c2cc(NC(=O)c3cccc(C(F)(F)F)c3)ccc2C)C(C)CC)c1. The normalized spacial score (nSPS) is 12.3. The number of carbonyl (C=O) groups excluding carboxylic acids is 4. The van der Waals surface area contributed by atoms with E-state index in [1.807, 2.05) is 13.8 Å². The largest absolute Gasteiger partial charge is 0.416 e. The Labute approximate surface area is 282 Å². The lowest BCUT2D eigenvalue weighted by Crippen LogP contribution is -2.31. The van der Waals surface area contributed by atoms with Crippen LogP contribution in [0.4, 0.5) is 30.2 Å². The minimum absolute atomic E-state index is 0.0373. The molecule has 256 valence electrons. The van der Waals surface area contributed by atoms with Crippen LogP contribution in [0.3, 0.4) is 0 Å². The van der Waals surface area contributed by atoms with Gasteiger partial charge < -0.3 is 26.6 Å². The van der Waals surface area contributed by atoms with Crippen molar-refractivity contribution in [2.75, 3.05) is 22.5 Å². The Morgan fingerprint density at radius 2 is 1.53 bits per heavy atom. The summed E-state index contributed by atoms with van der Waals surface area (Å²) in [6.45, 7) is 12.5. The predicted molar refractivity (Wildman–Crippen MR) is 185 cm³/mol. The van der Waals surface area contributed by atoms with Crippen LogP contribution in [-0.2, 0) is 15.8 Å². The van der Waals surface area contributed by atoms with E-state index in [0.717, 1.165) is 30.7 Å². The molecule has 0 bridgehead atoms. The van der Waals surface area contributed by atoms with Crippen molar-refractivity contribution in [2.24, 2.45) is 10.9 Å². The van der Waals surface area contributed by atoms with Gasteiger partial charge in [0.25, 0.3) is 11.8 Å². The van der Waals surface area contributed by atoms with Crippen LogP contribution in [0.1, 0.15) is 52.1 Å². The number of aryl methyl sites for hydroxylation is 1. The van der Waals surface area contributed by atoms with Gasteiger partial charge in [0.1, 0.15) is 5.84 Å². The lowest BCUT2D eigenvalue weighted by molar-refractivity contribution is -0.137. The molecule has 13 heteroatoms. The molecular formula is C36H37F3N6O4. The highest BCUT2D eigenvalue weighted by molar-refractivity contribution is 6.06. The predicted octanol–water partition coefficient (Wildman–Crippen LogP) is 6.82. The third-order valence-corrected chi connectivity index (χ3v) is 7.12. The van der Waals surface area contributed by atoms with Crippen LogP contribution < -0.4 is 26.6 Å². The topological polar surface area (TPSA) is 141 Å². The van der Waals surface area contributed by atoms with Gasteiger partial charge in [-0.1, -0.05) is 45.2 Å². The monoisotopic (exact) mass is 674 g/mol. The molecule has 0 heterocycles. The number of rotatable bonds is 13. The van der Waals surface area contributed by atoms with Gasteiger partial charge in [-0.25, -0.2) is 4.99 Å². The molecule has 0 saturated heterocycles. The molecule has 10 nitrogen and oxygen atoms in total. The first-order valence-electron chi connectivity index (χ1n) is 15.1. The molecule has 3 aromatic carbocycles. The van der Waals surface area contributed by atoms with Crippen molar-refractivity contribution in [1.82, 2.24) is 10.6 Å². The third-order valence-electron chi connectivity index (χ3n) is 7.12. The lowest BCUT2D eigenvalue weighted by Gasteiger charge is -2.16. The Kier molecular flexibility index (Phi) is 13.2. The summed E-state index contributed by atoms with van der Waals surface area (Å²) in [4.78, 5) is 54.1. The molecule has 5 N–H and O–H groups in total. The fraction of sp³-hybridized carbons (Fsp3) is 0.194. The van der Waals surface area contributed by atoms with Crippen molar-refractivity contribution in [3.8, 4) is 0 Å². The van der Waals surface area contributed by atoms with E-state index in [1.165, 1.54) is 30.5 Å². The van der Waals surface area contributed by atoms with Crippen LogP contribution in [0.15, 0.2) is 109 Å². The summed E-state index contributed by atoms with van der Waals surface area (Å²) >= 11 is 0. The van der Waals surface area contributed by atoms with Crippen LogP contribution in [0, 0.1) is 12.8 Å². The molecule has 49 heavy (non-hydrogen) atoms. The first-order chi connectivity index (χ1) is 23.2. The van der Waals surface area contributed by atoms with Gasteiger partial charge in [-0.3, -0.25) is 19.2 Å². The highest BCUT2D eigenvalue weighted by Gasteiger charge is 2.31. The van der Waals surface area contributed by atoms with Gasteiger partial charge in [0.2, 0.25) is 11.8 Å². The molecule has 0 aromatic heterocycles. The smallest absolute Gasteiger partial charge is 0.343 e. The Balaban J connectivity index is 1.76. The second-order valence-corrected chi connectivity index (χ2v) is 10.8. The van der Waals surface area contributed by atoms with Gasteiger partial charge >= 0.3 is 6.18 Å². The summed E-state index contributed by atoms with van der Waals surface area (Å²) < 4.78 is 39.3. The summed E-state index contributed by atoms with van der Waals surface area (Å²) in [5.74, 6) is -1.65. The zero-order chi connectivity index (χ0) is 36.1. The van der Waals surface area contributed by atoms with E-state index in [2.05, 4.69) is 44.7 Å². The van der Waals surface area contributed by atoms with Crippen molar-refractivity contribution >= 4 is 46.5 Å². The zero-order valence-corrected chi connectivity index (χ0v) is 27.2. The number of hydrogen-bond donors (Lipinski definition) is 5. The lowest BCUT2D eigenvalue weighted by atomic mass is 10.1. The molecule has 0 saturated carbocycles. The number of anilines is 3. The summed E-state index contributed by atoms with van der Waals surface area (Å²) in [7, 11) is 0. The van der Waals surface area contributed by atoms with E-state index < -0.39 is 35.4 Å². The van der Waals surface area contributed by atoms with E-state index in [4.69, 9.17) is 0 Å². The molecule has 0 spiro atoms. The second-order valence-electron chi connectivity index (χ2n) is 10.8. The highest BCUT2D eigenvalue weighted by Crippen LogP contribution is 2.30. The number of aliphatic imine (C=N–C) groups is 1. The van der Waals surface area contributed by atoms with E-state index in [9.17, 15) is 32.3 Å². The summed E-state index contributed by atoms with van der Waals surface area (Å²) in [6, 6.07) is 15.5. The van der Waals surface area contributed by atoms with Crippen LogP contribution >= 0.6 is 0 Å². The molecule has 0 aliphatic rings. The summed E-state index contributed by atoms with van der Waals surface area (Å²) in [6.07, 6.45) is 0.0387. The highest BCUT2D eigenvalue weighted by atomic mass is 19.4. The molecule has 1 unspecified atom stereocenters. The minimum Gasteiger partial charge on any atom is -0.343 e. The van der Waals surface area contributed by atoms with E-state index >= 15 is 0 Å². The number of nitrogens with zero attached hydrogens (tertiary/aromatic N) is 1. The quantitative estimate of drug-likeness (QED) is 0.0586. The molecule has 0 radical (unpaired) electrons. The van der Waals surface area contributed by atoms with Gasteiger partial charge in [0.05, 0.1) is 24.0 Å². The number of carbonyl (C=O) groups is 4. The molecule has 0 fully saturated rings. The zero-order valence-electron chi connectivity index (χ0n) is 27.2. The molecular weight excluding hydrogens is 637 g/mol. The second kappa shape index (κ2) is 17.3. The van der Waals surface area contributed by atoms with Crippen molar-refractivity contribution in [1.29, 1.82) is 0 Å². The van der Waals surface area contributed by atoms with Crippen LogP contribution in [-0.4, -0.2) is 36.0 Å². The maximum absolute atomic E-state index is 13.3. The average Bonchev–Trinajstić information content (AvgIpc) is 3.08. The van der Waals surface area contributed by atoms with Gasteiger partial charge in [-0.15, -0.1) is 0 Å². The van der Waals surface area contributed by atoms with Crippen molar-refractivity contribution in [3.05, 3.63) is 126 Å². The van der Waals surface area contributed by atoms with E-state index in [0.29, 0.717) is 22.8 Å². The van der Waals surface area contributed by atoms with Crippen molar-refractivity contribution < 1.29 is 32.3 Å². The summed E-state index contributed by atoms with van der Waals surface area (Å²) in [5.41, 5.74) is 1.25. The Bertz CT molecular complexity index is 1800. The number of allylic oxidation sites excluding steroid dienone is 1. The number of nitrogens with one attached hydrogen (secondary N) is 5. The summed E-state index contributed by atoms with van der Waals surface area (Å²) in [5, 5.41) is 13.6. The van der Waals surface area contributed by atoms with Crippen molar-refractivity contribution in [2.45, 2.75) is 33.4 Å². The van der Waals surface area contributed by atoms with E-state index in [1.54, 1.807) is 37.3 Å². The number of amides is 4. The number of hydrogen-bond acceptors (Lipinski definition) is 5. The number of benzene rings is 3. The molecule has 0 aliphatic heterocycles. The number of alkyl halides is 3. The number of amidine groups is 1. The maximum atomic E-state index is 13.3. The molecule has 1 atom stereocenters. The van der Waals surface area contributed by atoms with Gasteiger partial charge in [0, 0.05) is 34.1 Å². The minimum atomic E-state index is -4.60. The first kappa shape index (κ1) is 37.5. The number of halogens is 3. The molecule has 4 amide bonds. The van der Waals surface area contributed by atoms with Crippen LogP contribution in [0.2, 0.25) is 0 Å². The standard InChI is InChI=1S/C36H37F3N6O4/c1-6-22(4)33(43-28-14-10-13-27(18-28)42-32(47)21-40-31(46)8-3)41-20-26(7-2)44-35(49)30-19-29(16-15-23(30)5)45-34(48)24-11-9-12-25(17-24)36(37,38)39/h7-20,22H,2-3,6,21H2,1,4-5H3,(H,40,46)(H,41,43)(H,42,47)(H,44,49)(H,45,48)/b26-20+.